The van der Waals surface area contributed by atoms with E-state index in [9.17, 15) is 9.59 Å². The molecule has 4 rings (SSSR count). The van der Waals surface area contributed by atoms with Gasteiger partial charge in [0.2, 0.25) is 11.8 Å². The number of benzene rings is 2. The van der Waals surface area contributed by atoms with Crippen LogP contribution < -0.4 is 15.4 Å². The van der Waals surface area contributed by atoms with Crippen molar-refractivity contribution in [2.45, 2.75) is 40.2 Å². The summed E-state index contributed by atoms with van der Waals surface area (Å²) >= 11 is 0. The van der Waals surface area contributed by atoms with Crippen molar-refractivity contribution in [3.05, 3.63) is 88.6 Å². The smallest absolute Gasteiger partial charge is 0.268 e. The number of hydrogen-bond acceptors (Lipinski definition) is 5. The van der Waals surface area contributed by atoms with Gasteiger partial charge in [-0.1, -0.05) is 12.1 Å². The molecular formula is C28H30N4O4. The van der Waals surface area contributed by atoms with Gasteiger partial charge in [-0.2, -0.15) is 0 Å². The molecule has 2 heterocycles. The maximum Gasteiger partial charge on any atom is 0.268 e. The molecule has 0 aliphatic heterocycles. The number of aromatic nitrogens is 2. The minimum Gasteiger partial charge on any atom is -0.497 e. The van der Waals surface area contributed by atoms with Crippen LogP contribution in [-0.4, -0.2) is 28.9 Å². The van der Waals surface area contributed by atoms with Crippen molar-refractivity contribution in [3.63, 3.8) is 0 Å². The molecule has 0 spiro atoms. The lowest BCUT2D eigenvalue weighted by atomic mass is 10.1. The fraction of sp³-hybridized carbons (Fsp3) is 0.250. The van der Waals surface area contributed by atoms with Gasteiger partial charge in [-0.15, -0.1) is 0 Å². The first-order valence-corrected chi connectivity index (χ1v) is 11.8. The summed E-state index contributed by atoms with van der Waals surface area (Å²) in [6.45, 7) is 5.88. The summed E-state index contributed by atoms with van der Waals surface area (Å²) in [6.07, 6.45) is 1.02. The molecular weight excluding hydrogens is 456 g/mol. The Bertz CT molecular complexity index is 1350. The molecule has 4 aromatic rings. The molecule has 0 fully saturated rings. The normalized spacial score (nSPS) is 10.8. The van der Waals surface area contributed by atoms with E-state index in [1.807, 2.05) is 75.4 Å². The number of anilines is 1. The van der Waals surface area contributed by atoms with Gasteiger partial charge < -0.3 is 24.8 Å². The van der Waals surface area contributed by atoms with Gasteiger partial charge in [0.1, 0.15) is 22.9 Å². The lowest BCUT2D eigenvalue weighted by Gasteiger charge is -2.06. The summed E-state index contributed by atoms with van der Waals surface area (Å²) in [5.74, 6) is 1.65. The Morgan fingerprint density at radius 3 is 2.39 bits per heavy atom. The first kappa shape index (κ1) is 24.8. The number of methoxy groups -OCH3 is 1. The average Bonchev–Trinajstić information content (AvgIpc) is 3.42. The zero-order valence-corrected chi connectivity index (χ0v) is 20.9. The first-order valence-electron chi connectivity index (χ1n) is 11.8. The van der Waals surface area contributed by atoms with Crippen LogP contribution in [0.5, 0.6) is 5.75 Å². The minimum atomic E-state index is -0.184. The maximum atomic E-state index is 12.5. The Labute approximate surface area is 210 Å². The third-order valence-electron chi connectivity index (χ3n) is 5.90. The van der Waals surface area contributed by atoms with E-state index in [0.717, 1.165) is 28.1 Å². The molecule has 3 N–H and O–H groups in total. The summed E-state index contributed by atoms with van der Waals surface area (Å²) < 4.78 is 11.0. The van der Waals surface area contributed by atoms with Crippen molar-refractivity contribution in [2.24, 2.45) is 0 Å². The second-order valence-electron chi connectivity index (χ2n) is 8.69. The van der Waals surface area contributed by atoms with E-state index in [1.165, 1.54) is 0 Å². The van der Waals surface area contributed by atoms with Crippen molar-refractivity contribution < 1.29 is 18.7 Å². The van der Waals surface area contributed by atoms with Gasteiger partial charge in [0.15, 0.2) is 0 Å². The van der Waals surface area contributed by atoms with Crippen LogP contribution in [0, 0.1) is 20.8 Å². The molecule has 186 valence electrons. The second-order valence-corrected chi connectivity index (χ2v) is 8.69. The van der Waals surface area contributed by atoms with Crippen molar-refractivity contribution in [3.8, 4) is 17.2 Å². The molecule has 0 atom stereocenters. The van der Waals surface area contributed by atoms with E-state index in [2.05, 4.69) is 20.6 Å². The van der Waals surface area contributed by atoms with Crippen LogP contribution in [0.3, 0.4) is 0 Å². The number of amides is 2. The second kappa shape index (κ2) is 10.9. The number of oxazole rings is 1. The predicted molar refractivity (Wildman–Crippen MR) is 138 cm³/mol. The van der Waals surface area contributed by atoms with Crippen molar-refractivity contribution in [1.29, 1.82) is 0 Å². The van der Waals surface area contributed by atoms with Gasteiger partial charge in [0, 0.05) is 23.4 Å². The van der Waals surface area contributed by atoms with Crippen molar-refractivity contribution >= 4 is 17.5 Å². The lowest BCUT2D eigenvalue weighted by Crippen LogP contribution is -2.24. The van der Waals surface area contributed by atoms with Gasteiger partial charge in [-0.25, -0.2) is 4.98 Å². The number of carbonyl (C=O) groups excluding carboxylic acids is 2. The standard InChI is InChI=1S/C28H30N4O4/c1-17-15-18(2)30-26(17)27(34)29-16-24-19(3)36-28(32-24)21-8-10-22(11-9-21)31-25(33)14-7-20-5-12-23(35-4)13-6-20/h5-6,8-13,15,30H,7,14,16H2,1-4H3,(H,29,34)(H,31,33). The van der Waals surface area contributed by atoms with Gasteiger partial charge in [0.25, 0.3) is 5.91 Å². The highest BCUT2D eigenvalue weighted by molar-refractivity contribution is 5.94. The minimum absolute atomic E-state index is 0.0592. The summed E-state index contributed by atoms with van der Waals surface area (Å²) in [4.78, 5) is 32.5. The number of hydrogen-bond donors (Lipinski definition) is 3. The van der Waals surface area contributed by atoms with Gasteiger partial charge in [-0.3, -0.25) is 9.59 Å². The largest absolute Gasteiger partial charge is 0.497 e. The van der Waals surface area contributed by atoms with Crippen molar-refractivity contribution in [1.82, 2.24) is 15.3 Å². The zero-order valence-electron chi connectivity index (χ0n) is 20.9. The monoisotopic (exact) mass is 486 g/mol. The third-order valence-corrected chi connectivity index (χ3v) is 5.90. The summed E-state index contributed by atoms with van der Waals surface area (Å²) in [7, 11) is 1.63. The number of nitrogens with one attached hydrogen (secondary N) is 3. The predicted octanol–water partition coefficient (Wildman–Crippen LogP) is 5.10. The topological polar surface area (TPSA) is 109 Å². The summed E-state index contributed by atoms with van der Waals surface area (Å²) in [5, 5.41) is 5.81. The van der Waals surface area contributed by atoms with Gasteiger partial charge in [-0.05, 0) is 80.8 Å². The Morgan fingerprint density at radius 1 is 1.03 bits per heavy atom. The molecule has 2 aromatic carbocycles. The van der Waals surface area contributed by atoms with E-state index >= 15 is 0 Å². The van der Waals surface area contributed by atoms with Gasteiger partial charge >= 0.3 is 0 Å². The van der Waals surface area contributed by atoms with Gasteiger partial charge in [0.05, 0.1) is 13.7 Å². The zero-order chi connectivity index (χ0) is 25.7. The van der Waals surface area contributed by atoms with Crippen LogP contribution in [-0.2, 0) is 17.8 Å². The Balaban J connectivity index is 1.31. The molecule has 2 amide bonds. The van der Waals surface area contributed by atoms with E-state index < -0.39 is 0 Å². The molecule has 8 heteroatoms. The number of carbonyl (C=O) groups is 2. The highest BCUT2D eigenvalue weighted by atomic mass is 16.5. The summed E-state index contributed by atoms with van der Waals surface area (Å²) in [5.41, 5.74) is 5.61. The average molecular weight is 487 g/mol. The fourth-order valence-electron chi connectivity index (χ4n) is 3.90. The molecule has 0 unspecified atom stereocenters. The molecule has 2 aromatic heterocycles. The number of H-pyrrole nitrogens is 1. The Morgan fingerprint density at radius 2 is 1.75 bits per heavy atom. The van der Waals surface area contributed by atoms with E-state index in [0.29, 0.717) is 41.6 Å². The third kappa shape index (κ3) is 6.02. The van der Waals surface area contributed by atoms with E-state index in [4.69, 9.17) is 9.15 Å². The molecule has 0 saturated carbocycles. The highest BCUT2D eigenvalue weighted by Crippen LogP contribution is 2.24. The summed E-state index contributed by atoms with van der Waals surface area (Å²) in [6, 6.07) is 17.0. The van der Waals surface area contributed by atoms with Crippen LogP contribution >= 0.6 is 0 Å². The molecule has 36 heavy (non-hydrogen) atoms. The SMILES string of the molecule is COc1ccc(CCC(=O)Nc2ccc(-c3nc(CNC(=O)c4[nH]c(C)cc4C)c(C)o3)cc2)cc1. The molecule has 0 bridgehead atoms. The lowest BCUT2D eigenvalue weighted by molar-refractivity contribution is -0.116. The fourth-order valence-corrected chi connectivity index (χ4v) is 3.90. The van der Waals surface area contributed by atoms with E-state index in [1.54, 1.807) is 7.11 Å². The molecule has 8 nitrogen and oxygen atoms in total. The Hall–Kier alpha value is -4.33. The molecule has 0 radical (unpaired) electrons. The van der Waals surface area contributed by atoms with Crippen molar-refractivity contribution in [2.75, 3.05) is 12.4 Å². The quantitative estimate of drug-likeness (QED) is 0.305. The van der Waals surface area contributed by atoms with Crippen LogP contribution in [0.25, 0.3) is 11.5 Å². The molecule has 0 aliphatic carbocycles. The van der Waals surface area contributed by atoms with Crippen LogP contribution in [0.1, 0.15) is 45.2 Å². The Kier molecular flexibility index (Phi) is 7.53. The van der Waals surface area contributed by atoms with Crippen LogP contribution in [0.15, 0.2) is 59.0 Å². The maximum absolute atomic E-state index is 12.5. The first-order chi connectivity index (χ1) is 17.3. The number of nitrogens with zero attached hydrogens (tertiary/aromatic N) is 1. The van der Waals surface area contributed by atoms with Crippen LogP contribution in [0.4, 0.5) is 5.69 Å². The van der Waals surface area contributed by atoms with Crippen LogP contribution in [0.2, 0.25) is 0 Å². The highest BCUT2D eigenvalue weighted by Gasteiger charge is 2.15. The molecule has 0 saturated heterocycles. The number of aromatic amines is 1. The number of ether oxygens (including phenoxy) is 1. The number of aryl methyl sites for hydroxylation is 4. The number of rotatable bonds is 9. The molecule has 0 aliphatic rings. The van der Waals surface area contributed by atoms with E-state index in [-0.39, 0.29) is 18.4 Å².